The van der Waals surface area contributed by atoms with Gasteiger partial charge in [0.1, 0.15) is 11.2 Å². The Morgan fingerprint density at radius 1 is 0.868 bits per heavy atom. The van der Waals surface area contributed by atoms with E-state index in [0.717, 1.165) is 13.1 Å². The Bertz CT molecular complexity index is 1790. The Kier molecular flexibility index (Phi) is 6.92. The molecule has 4 aromatic carbocycles. The van der Waals surface area contributed by atoms with Crippen LogP contribution in [0.1, 0.15) is 25.8 Å². The molecular formula is C34H31N2S2+. The minimum atomic E-state index is 0.956. The molecule has 0 spiro atoms. The van der Waals surface area contributed by atoms with Crippen LogP contribution in [-0.2, 0) is 6.54 Å². The molecule has 6 rings (SSSR count). The molecule has 0 fully saturated rings. The molecule has 1 aromatic heterocycles. The standard InChI is InChI=1S/C34H31N2S2/c1-4-35-29-22-20-25-14-6-8-16-27(25)33(29)37-31(35)18-10-12-24(3)13-11-19-32-36(5-2)30-23-21-26-15-7-9-17-28(26)34(30)38-32/h6-23H,4-5H2,1-3H3/q+1. The van der Waals surface area contributed by atoms with Gasteiger partial charge in [0.25, 0.3) is 5.01 Å². The van der Waals surface area contributed by atoms with Crippen molar-refractivity contribution in [2.45, 2.75) is 32.2 Å². The van der Waals surface area contributed by atoms with E-state index in [1.807, 2.05) is 23.1 Å². The van der Waals surface area contributed by atoms with Crippen molar-refractivity contribution in [3.05, 3.63) is 119 Å². The summed E-state index contributed by atoms with van der Waals surface area (Å²) < 4.78 is 3.77. The lowest BCUT2D eigenvalue weighted by Gasteiger charge is -2.17. The van der Waals surface area contributed by atoms with Crippen molar-refractivity contribution in [1.82, 2.24) is 0 Å². The molecule has 0 atom stereocenters. The number of fused-ring (bicyclic) bond motifs is 6. The molecular weight excluding hydrogens is 501 g/mol. The summed E-state index contributed by atoms with van der Waals surface area (Å²) in [5.74, 6) is 0. The van der Waals surface area contributed by atoms with E-state index in [2.05, 4.69) is 139 Å². The first-order valence-electron chi connectivity index (χ1n) is 13.2. The van der Waals surface area contributed by atoms with Crippen LogP contribution in [0.4, 0.5) is 5.69 Å². The fraction of sp³-hybridized carbons (Fsp3) is 0.147. The maximum absolute atomic E-state index is 2.41. The summed E-state index contributed by atoms with van der Waals surface area (Å²) in [6, 6.07) is 26.3. The molecule has 0 saturated heterocycles. The molecule has 5 aromatic rings. The Hall–Kier alpha value is -3.60. The van der Waals surface area contributed by atoms with Gasteiger partial charge in [0.2, 0.25) is 5.52 Å². The number of thiazole rings is 1. The van der Waals surface area contributed by atoms with E-state index in [0.29, 0.717) is 0 Å². The first kappa shape index (κ1) is 24.7. The second-order valence-corrected chi connectivity index (χ2v) is 11.5. The van der Waals surface area contributed by atoms with Crippen LogP contribution in [0.25, 0.3) is 37.8 Å². The molecule has 1 aliphatic rings. The Morgan fingerprint density at radius 3 is 2.39 bits per heavy atom. The number of benzene rings is 4. The maximum atomic E-state index is 2.41. The zero-order valence-corrected chi connectivity index (χ0v) is 23.7. The van der Waals surface area contributed by atoms with Crippen molar-refractivity contribution in [3.63, 3.8) is 0 Å². The normalized spacial score (nSPS) is 15.3. The highest BCUT2D eigenvalue weighted by atomic mass is 32.2. The number of hydrogen-bond acceptors (Lipinski definition) is 3. The van der Waals surface area contributed by atoms with Crippen LogP contribution in [0.2, 0.25) is 0 Å². The van der Waals surface area contributed by atoms with E-state index < -0.39 is 0 Å². The number of nitrogens with zero attached hydrogens (tertiary/aromatic N) is 2. The summed E-state index contributed by atoms with van der Waals surface area (Å²) in [4.78, 5) is 3.77. The van der Waals surface area contributed by atoms with E-state index in [1.54, 1.807) is 0 Å². The van der Waals surface area contributed by atoms with Gasteiger partial charge in [-0.05, 0) is 55.1 Å². The molecule has 0 unspecified atom stereocenters. The molecule has 188 valence electrons. The number of aromatic nitrogens is 1. The molecule has 0 aliphatic carbocycles. The fourth-order valence-corrected chi connectivity index (χ4v) is 7.72. The van der Waals surface area contributed by atoms with Crippen LogP contribution in [0.15, 0.2) is 119 Å². The molecule has 0 amide bonds. The Labute approximate surface area is 232 Å². The largest absolute Gasteiger partial charge is 0.335 e. The van der Waals surface area contributed by atoms with Gasteiger partial charge in [-0.1, -0.05) is 108 Å². The fourth-order valence-electron chi connectivity index (χ4n) is 5.18. The third kappa shape index (κ3) is 4.48. The number of hydrogen-bond donors (Lipinski definition) is 0. The first-order chi connectivity index (χ1) is 18.7. The lowest BCUT2D eigenvalue weighted by atomic mass is 10.1. The van der Waals surface area contributed by atoms with Crippen LogP contribution in [0, 0.1) is 0 Å². The van der Waals surface area contributed by atoms with Crippen LogP contribution < -0.4 is 9.47 Å². The second-order valence-electron chi connectivity index (χ2n) is 9.43. The van der Waals surface area contributed by atoms with Crippen LogP contribution in [0.3, 0.4) is 0 Å². The van der Waals surface area contributed by atoms with Crippen molar-refractivity contribution < 1.29 is 4.57 Å². The molecule has 0 bridgehead atoms. The van der Waals surface area contributed by atoms with Gasteiger partial charge in [-0.15, -0.1) is 0 Å². The number of anilines is 1. The summed E-state index contributed by atoms with van der Waals surface area (Å²) in [6.45, 7) is 8.51. The topological polar surface area (TPSA) is 7.12 Å². The summed E-state index contributed by atoms with van der Waals surface area (Å²) >= 11 is 3.75. The third-order valence-corrected chi connectivity index (χ3v) is 9.47. The summed E-state index contributed by atoms with van der Waals surface area (Å²) in [7, 11) is 0. The number of aryl methyl sites for hydroxylation is 1. The number of rotatable bonds is 6. The molecule has 2 nitrogen and oxygen atoms in total. The van der Waals surface area contributed by atoms with Gasteiger partial charge in [0, 0.05) is 29.0 Å². The second kappa shape index (κ2) is 10.6. The van der Waals surface area contributed by atoms with Gasteiger partial charge in [0.05, 0.1) is 10.7 Å². The van der Waals surface area contributed by atoms with Crippen LogP contribution in [0.5, 0.6) is 0 Å². The van der Waals surface area contributed by atoms with Gasteiger partial charge in [-0.25, -0.2) is 0 Å². The minimum Gasteiger partial charge on any atom is -0.335 e. The van der Waals surface area contributed by atoms with Gasteiger partial charge in [0.15, 0.2) is 0 Å². The SMILES string of the molecule is CCN1\C(=C/C=C/C(C)=C/C=C/c2sc3c4ccccc4ccc3[n+]2CC)Sc2c1ccc1ccccc21. The molecule has 2 heterocycles. The summed E-state index contributed by atoms with van der Waals surface area (Å²) in [6.07, 6.45) is 13.2. The van der Waals surface area contributed by atoms with Crippen molar-refractivity contribution in [3.8, 4) is 0 Å². The predicted octanol–water partition coefficient (Wildman–Crippen LogP) is 9.50. The van der Waals surface area contributed by atoms with E-state index in [4.69, 9.17) is 0 Å². The summed E-state index contributed by atoms with van der Waals surface area (Å²) in [5.41, 5.74) is 3.85. The smallest absolute Gasteiger partial charge is 0.262 e. The maximum Gasteiger partial charge on any atom is 0.262 e. The van der Waals surface area contributed by atoms with Crippen LogP contribution >= 0.6 is 23.1 Å². The lowest BCUT2D eigenvalue weighted by molar-refractivity contribution is -0.665. The molecule has 0 radical (unpaired) electrons. The zero-order valence-electron chi connectivity index (χ0n) is 22.0. The predicted molar refractivity (Wildman–Crippen MR) is 168 cm³/mol. The molecule has 0 N–H and O–H groups in total. The van der Waals surface area contributed by atoms with Crippen molar-refractivity contribution in [2.24, 2.45) is 0 Å². The monoisotopic (exact) mass is 531 g/mol. The Morgan fingerprint density at radius 2 is 1.61 bits per heavy atom. The zero-order chi connectivity index (χ0) is 26.1. The van der Waals surface area contributed by atoms with Crippen LogP contribution in [-0.4, -0.2) is 6.54 Å². The van der Waals surface area contributed by atoms with Crippen molar-refractivity contribution >= 4 is 66.6 Å². The molecule has 38 heavy (non-hydrogen) atoms. The highest BCUT2D eigenvalue weighted by Crippen LogP contribution is 2.49. The highest BCUT2D eigenvalue weighted by Gasteiger charge is 2.25. The van der Waals surface area contributed by atoms with Crippen molar-refractivity contribution in [2.75, 3.05) is 11.4 Å². The van der Waals surface area contributed by atoms with Gasteiger partial charge >= 0.3 is 0 Å². The van der Waals surface area contributed by atoms with E-state index >= 15 is 0 Å². The summed E-state index contributed by atoms with van der Waals surface area (Å²) in [5, 5.41) is 7.82. The lowest BCUT2D eigenvalue weighted by Crippen LogP contribution is -2.33. The average Bonchev–Trinajstić information content (AvgIpc) is 3.50. The van der Waals surface area contributed by atoms with E-state index in [1.165, 1.54) is 58.0 Å². The average molecular weight is 532 g/mol. The quantitative estimate of drug-likeness (QED) is 0.159. The van der Waals surface area contributed by atoms with Gasteiger partial charge in [-0.2, -0.15) is 4.57 Å². The third-order valence-electron chi connectivity index (χ3n) is 7.07. The van der Waals surface area contributed by atoms with Gasteiger partial charge < -0.3 is 4.90 Å². The van der Waals surface area contributed by atoms with E-state index in [9.17, 15) is 0 Å². The molecule has 1 aliphatic heterocycles. The number of thioether (sulfide) groups is 1. The highest BCUT2D eigenvalue weighted by molar-refractivity contribution is 8.04. The van der Waals surface area contributed by atoms with Gasteiger partial charge in [-0.3, -0.25) is 0 Å². The Balaban J connectivity index is 1.22. The van der Waals surface area contributed by atoms with Crippen molar-refractivity contribution in [1.29, 1.82) is 0 Å². The molecule has 4 heteroatoms. The van der Waals surface area contributed by atoms with E-state index in [-0.39, 0.29) is 0 Å². The first-order valence-corrected chi connectivity index (χ1v) is 14.9. The minimum absolute atomic E-state index is 0.956. The number of allylic oxidation sites excluding steroid dienone is 6. The molecule has 0 saturated carbocycles.